The van der Waals surface area contributed by atoms with Crippen LogP contribution in [0.1, 0.15) is 18.9 Å². The number of ether oxygens (including phenoxy) is 2. The van der Waals surface area contributed by atoms with E-state index in [1.807, 2.05) is 0 Å². The highest BCUT2D eigenvalue weighted by molar-refractivity contribution is 7.89. The van der Waals surface area contributed by atoms with Gasteiger partial charge in [0.15, 0.2) is 11.5 Å². The fourth-order valence-electron chi connectivity index (χ4n) is 1.68. The molecule has 1 aromatic rings. The normalized spacial score (nSPS) is 13.1. The fraction of sp³-hybridized carbons (Fsp3) is 0.538. The molecule has 7 heteroatoms. The van der Waals surface area contributed by atoms with Crippen LogP contribution in [0, 0.1) is 6.92 Å². The number of hydrogen-bond acceptors (Lipinski definition) is 5. The number of aliphatic hydroxyl groups excluding tert-OH is 1. The van der Waals surface area contributed by atoms with Crippen molar-refractivity contribution in [1.29, 1.82) is 0 Å². The Morgan fingerprint density at radius 2 is 1.80 bits per heavy atom. The molecule has 0 aliphatic heterocycles. The van der Waals surface area contributed by atoms with Gasteiger partial charge in [-0.15, -0.1) is 0 Å². The maximum atomic E-state index is 12.2. The Morgan fingerprint density at radius 1 is 1.25 bits per heavy atom. The average molecular weight is 303 g/mol. The van der Waals surface area contributed by atoms with Crippen molar-refractivity contribution in [3.8, 4) is 11.5 Å². The van der Waals surface area contributed by atoms with Crippen molar-refractivity contribution < 1.29 is 23.0 Å². The maximum Gasteiger partial charge on any atom is 0.241 e. The molecule has 0 saturated heterocycles. The van der Waals surface area contributed by atoms with Gasteiger partial charge in [-0.05, 0) is 25.0 Å². The van der Waals surface area contributed by atoms with Gasteiger partial charge in [0.1, 0.15) is 0 Å². The Hall–Kier alpha value is -1.31. The smallest absolute Gasteiger partial charge is 0.241 e. The predicted molar refractivity (Wildman–Crippen MR) is 75.8 cm³/mol. The van der Waals surface area contributed by atoms with Crippen LogP contribution in [0.2, 0.25) is 0 Å². The Balaban J connectivity index is 3.12. The van der Waals surface area contributed by atoms with E-state index in [0.717, 1.165) is 0 Å². The van der Waals surface area contributed by atoms with E-state index in [9.17, 15) is 13.5 Å². The number of nitrogens with one attached hydrogen (secondary N) is 1. The van der Waals surface area contributed by atoms with Gasteiger partial charge < -0.3 is 14.6 Å². The molecule has 20 heavy (non-hydrogen) atoms. The van der Waals surface area contributed by atoms with E-state index in [-0.39, 0.29) is 11.4 Å². The summed E-state index contributed by atoms with van der Waals surface area (Å²) in [5.41, 5.74) is 0.543. The second kappa shape index (κ2) is 6.92. The van der Waals surface area contributed by atoms with E-state index >= 15 is 0 Å². The van der Waals surface area contributed by atoms with Crippen molar-refractivity contribution in [2.24, 2.45) is 0 Å². The van der Waals surface area contributed by atoms with Gasteiger partial charge in [0, 0.05) is 12.6 Å². The van der Waals surface area contributed by atoms with Gasteiger partial charge in [-0.2, -0.15) is 0 Å². The van der Waals surface area contributed by atoms with E-state index in [2.05, 4.69) is 4.72 Å². The van der Waals surface area contributed by atoms with Crippen LogP contribution in [0.4, 0.5) is 0 Å². The summed E-state index contributed by atoms with van der Waals surface area (Å²) in [4.78, 5) is 0.110. The lowest BCUT2D eigenvalue weighted by Gasteiger charge is -2.15. The van der Waals surface area contributed by atoms with Crippen LogP contribution in [0.25, 0.3) is 0 Å². The zero-order valence-electron chi connectivity index (χ0n) is 12.1. The summed E-state index contributed by atoms with van der Waals surface area (Å²) in [6.45, 7) is 3.43. The Bertz CT molecular complexity index is 556. The van der Waals surface area contributed by atoms with E-state index in [1.54, 1.807) is 19.9 Å². The highest BCUT2D eigenvalue weighted by Gasteiger charge is 2.20. The minimum Gasteiger partial charge on any atom is -0.493 e. The monoisotopic (exact) mass is 303 g/mol. The van der Waals surface area contributed by atoms with Crippen molar-refractivity contribution >= 4 is 10.0 Å². The molecule has 0 aliphatic carbocycles. The number of hydrogen-bond donors (Lipinski definition) is 2. The molecule has 0 saturated carbocycles. The number of benzene rings is 1. The third-order valence-electron chi connectivity index (χ3n) is 2.95. The standard InChI is InChI=1S/C13H21NO5S/c1-5-10(15)8-14-20(16,17)13-7-12(19-4)11(18-3)6-9(13)2/h6-7,10,14-15H,5,8H2,1-4H3. The SMILES string of the molecule is CCC(O)CNS(=O)(=O)c1cc(OC)c(OC)cc1C. The summed E-state index contributed by atoms with van der Waals surface area (Å²) in [5, 5.41) is 9.45. The molecule has 1 aromatic carbocycles. The van der Waals surface area contributed by atoms with Crippen LogP contribution >= 0.6 is 0 Å². The van der Waals surface area contributed by atoms with E-state index in [1.165, 1.54) is 20.3 Å². The number of aryl methyl sites for hydroxylation is 1. The highest BCUT2D eigenvalue weighted by atomic mass is 32.2. The molecule has 0 heterocycles. The van der Waals surface area contributed by atoms with Crippen LogP contribution in [0.3, 0.4) is 0 Å². The molecule has 6 nitrogen and oxygen atoms in total. The molecule has 1 unspecified atom stereocenters. The van der Waals surface area contributed by atoms with Gasteiger partial charge >= 0.3 is 0 Å². The zero-order valence-corrected chi connectivity index (χ0v) is 13.0. The van der Waals surface area contributed by atoms with Crippen LogP contribution in [0.5, 0.6) is 11.5 Å². The molecule has 0 spiro atoms. The first-order valence-electron chi connectivity index (χ1n) is 6.26. The van der Waals surface area contributed by atoms with Gasteiger partial charge in [0.25, 0.3) is 0 Å². The second-order valence-corrected chi connectivity index (χ2v) is 6.12. The van der Waals surface area contributed by atoms with Crippen molar-refractivity contribution in [2.75, 3.05) is 20.8 Å². The van der Waals surface area contributed by atoms with Crippen molar-refractivity contribution in [2.45, 2.75) is 31.3 Å². The number of sulfonamides is 1. The van der Waals surface area contributed by atoms with Crippen molar-refractivity contribution in [3.05, 3.63) is 17.7 Å². The van der Waals surface area contributed by atoms with Crippen LogP contribution < -0.4 is 14.2 Å². The predicted octanol–water partition coefficient (Wildman–Crippen LogP) is 1.06. The van der Waals surface area contributed by atoms with Crippen LogP contribution in [-0.4, -0.2) is 40.4 Å². The molecule has 2 N–H and O–H groups in total. The molecule has 0 fully saturated rings. The largest absolute Gasteiger partial charge is 0.493 e. The summed E-state index contributed by atoms with van der Waals surface area (Å²) in [7, 11) is -0.770. The molecular weight excluding hydrogens is 282 g/mol. The second-order valence-electron chi connectivity index (χ2n) is 4.39. The van der Waals surface area contributed by atoms with Crippen molar-refractivity contribution in [1.82, 2.24) is 4.72 Å². The van der Waals surface area contributed by atoms with Gasteiger partial charge in [0.2, 0.25) is 10.0 Å². The van der Waals surface area contributed by atoms with Crippen molar-refractivity contribution in [3.63, 3.8) is 0 Å². The quantitative estimate of drug-likeness (QED) is 0.787. The molecule has 0 amide bonds. The summed E-state index contributed by atoms with van der Waals surface area (Å²) < 4.78 is 37.1. The summed E-state index contributed by atoms with van der Waals surface area (Å²) in [6.07, 6.45) is -0.224. The molecule has 1 atom stereocenters. The minimum absolute atomic E-state index is 0.0212. The molecule has 0 radical (unpaired) electrons. The minimum atomic E-state index is -3.70. The fourth-order valence-corrected chi connectivity index (χ4v) is 2.99. The lowest BCUT2D eigenvalue weighted by atomic mass is 10.2. The average Bonchev–Trinajstić information content (AvgIpc) is 2.44. The molecular formula is C13H21NO5S. The lowest BCUT2D eigenvalue weighted by Crippen LogP contribution is -2.32. The van der Waals surface area contributed by atoms with E-state index in [0.29, 0.717) is 23.5 Å². The summed E-state index contributed by atoms with van der Waals surface area (Å²) in [6, 6.07) is 3.01. The van der Waals surface area contributed by atoms with Crippen LogP contribution in [0.15, 0.2) is 17.0 Å². The number of aliphatic hydroxyl groups is 1. The summed E-state index contributed by atoms with van der Waals surface area (Å²) in [5.74, 6) is 0.812. The molecule has 0 bridgehead atoms. The highest BCUT2D eigenvalue weighted by Crippen LogP contribution is 2.32. The van der Waals surface area contributed by atoms with Crippen LogP contribution in [-0.2, 0) is 10.0 Å². The number of methoxy groups -OCH3 is 2. The topological polar surface area (TPSA) is 84.9 Å². The maximum absolute atomic E-state index is 12.2. The van der Waals surface area contributed by atoms with Gasteiger partial charge in [-0.1, -0.05) is 6.92 Å². The van der Waals surface area contributed by atoms with Gasteiger partial charge in [-0.3, -0.25) is 0 Å². The van der Waals surface area contributed by atoms with Gasteiger partial charge in [-0.25, -0.2) is 13.1 Å². The Morgan fingerprint density at radius 3 is 2.30 bits per heavy atom. The van der Waals surface area contributed by atoms with E-state index in [4.69, 9.17) is 9.47 Å². The molecule has 0 aliphatic rings. The summed E-state index contributed by atoms with van der Waals surface area (Å²) >= 11 is 0. The first kappa shape index (κ1) is 16.7. The Labute approximate surface area is 119 Å². The third kappa shape index (κ3) is 3.84. The molecule has 0 aromatic heterocycles. The lowest BCUT2D eigenvalue weighted by molar-refractivity contribution is 0.174. The molecule has 1 rings (SSSR count). The van der Waals surface area contributed by atoms with Gasteiger partial charge in [0.05, 0.1) is 25.2 Å². The molecule has 114 valence electrons. The first-order chi connectivity index (χ1) is 9.35. The number of rotatable bonds is 7. The van der Waals surface area contributed by atoms with E-state index < -0.39 is 16.1 Å². The first-order valence-corrected chi connectivity index (χ1v) is 7.74. The third-order valence-corrected chi connectivity index (χ3v) is 4.52. The Kier molecular flexibility index (Phi) is 5.79. The zero-order chi connectivity index (χ0) is 15.3.